The summed E-state index contributed by atoms with van der Waals surface area (Å²) in [5.74, 6) is 0.693. The molecule has 20 heavy (non-hydrogen) atoms. The number of hydrogen-bond donors (Lipinski definition) is 0. The minimum absolute atomic E-state index is 0.116. The second kappa shape index (κ2) is 7.38. The van der Waals surface area contributed by atoms with Crippen molar-refractivity contribution in [2.24, 2.45) is 5.92 Å². The van der Waals surface area contributed by atoms with Gasteiger partial charge in [-0.05, 0) is 32.9 Å². The lowest BCUT2D eigenvalue weighted by Crippen LogP contribution is -2.37. The largest absolute Gasteiger partial charge is 0.376 e. The number of ether oxygens (including phenoxy) is 2. The third-order valence-corrected chi connectivity index (χ3v) is 4.50. The van der Waals surface area contributed by atoms with Crippen LogP contribution in [0.4, 0.5) is 0 Å². The summed E-state index contributed by atoms with van der Waals surface area (Å²) in [6, 6.07) is 0.474. The quantitative estimate of drug-likeness (QED) is 0.729. The number of hydrogen-bond acceptors (Lipinski definition) is 4. The van der Waals surface area contributed by atoms with Crippen LogP contribution in [0.15, 0.2) is 0 Å². The van der Waals surface area contributed by atoms with Crippen molar-refractivity contribution in [3.63, 3.8) is 0 Å². The Morgan fingerprint density at radius 3 is 2.75 bits per heavy atom. The van der Waals surface area contributed by atoms with Gasteiger partial charge in [0, 0.05) is 25.7 Å². The SMILES string of the molecule is CC[C@@H]1CN(C(=O)COC[C@@H]2CCCO2)C[C@H]1N(C)C. The summed E-state index contributed by atoms with van der Waals surface area (Å²) in [5.41, 5.74) is 0. The third kappa shape index (κ3) is 3.93. The summed E-state index contributed by atoms with van der Waals surface area (Å²) in [6.45, 7) is 5.46. The highest BCUT2D eigenvalue weighted by Gasteiger charge is 2.35. The molecule has 0 saturated carbocycles. The summed E-state index contributed by atoms with van der Waals surface area (Å²) in [7, 11) is 4.18. The minimum Gasteiger partial charge on any atom is -0.376 e. The van der Waals surface area contributed by atoms with E-state index in [2.05, 4.69) is 25.9 Å². The van der Waals surface area contributed by atoms with Gasteiger partial charge in [0.2, 0.25) is 5.91 Å². The lowest BCUT2D eigenvalue weighted by Gasteiger charge is -2.23. The Bertz CT molecular complexity index is 316. The predicted octanol–water partition coefficient (Wildman–Crippen LogP) is 0.981. The van der Waals surface area contributed by atoms with Crippen LogP contribution in [0.25, 0.3) is 0 Å². The maximum atomic E-state index is 12.2. The fourth-order valence-electron chi connectivity index (χ4n) is 3.19. The van der Waals surface area contributed by atoms with Crippen molar-refractivity contribution >= 4 is 5.91 Å². The molecule has 0 unspecified atom stereocenters. The molecule has 2 saturated heterocycles. The van der Waals surface area contributed by atoms with Crippen LogP contribution in [0, 0.1) is 5.92 Å². The Morgan fingerprint density at radius 2 is 2.20 bits per heavy atom. The Hall–Kier alpha value is -0.650. The monoisotopic (exact) mass is 284 g/mol. The molecule has 0 aromatic carbocycles. The highest BCUT2D eigenvalue weighted by Crippen LogP contribution is 2.23. The van der Waals surface area contributed by atoms with Gasteiger partial charge < -0.3 is 19.3 Å². The van der Waals surface area contributed by atoms with Crippen LogP contribution in [0.1, 0.15) is 26.2 Å². The van der Waals surface area contributed by atoms with E-state index in [-0.39, 0.29) is 18.6 Å². The summed E-state index contributed by atoms with van der Waals surface area (Å²) in [6.07, 6.45) is 3.47. The van der Waals surface area contributed by atoms with E-state index in [1.165, 1.54) is 0 Å². The minimum atomic E-state index is 0.116. The van der Waals surface area contributed by atoms with Crippen LogP contribution in [-0.4, -0.2) is 74.9 Å². The molecule has 0 N–H and O–H groups in total. The Labute approximate surface area is 122 Å². The molecule has 2 fully saturated rings. The van der Waals surface area contributed by atoms with Crippen LogP contribution in [-0.2, 0) is 14.3 Å². The molecule has 3 atom stereocenters. The molecule has 0 radical (unpaired) electrons. The van der Waals surface area contributed by atoms with Crippen molar-refractivity contribution in [2.45, 2.75) is 38.3 Å². The van der Waals surface area contributed by atoms with Gasteiger partial charge in [-0.3, -0.25) is 4.79 Å². The van der Waals surface area contributed by atoms with Gasteiger partial charge in [-0.15, -0.1) is 0 Å². The highest BCUT2D eigenvalue weighted by atomic mass is 16.5. The zero-order valence-electron chi connectivity index (χ0n) is 13.0. The molecule has 1 amide bonds. The van der Waals surface area contributed by atoms with Crippen LogP contribution >= 0.6 is 0 Å². The third-order valence-electron chi connectivity index (χ3n) is 4.50. The number of amides is 1. The first kappa shape index (κ1) is 15.7. The molecule has 116 valence electrons. The zero-order valence-corrected chi connectivity index (χ0v) is 13.0. The van der Waals surface area contributed by atoms with Crippen molar-refractivity contribution in [3.8, 4) is 0 Å². The standard InChI is InChI=1S/C15H28N2O3/c1-4-12-8-17(9-14(12)16(2)3)15(18)11-19-10-13-6-5-7-20-13/h12-14H,4-11H2,1-3H3/t12-,13+,14-/m1/s1. The molecule has 0 bridgehead atoms. The van der Waals surface area contributed by atoms with Crippen LogP contribution < -0.4 is 0 Å². The molecule has 0 aromatic heterocycles. The summed E-state index contributed by atoms with van der Waals surface area (Å²) < 4.78 is 11.0. The normalized spacial score (nSPS) is 30.4. The van der Waals surface area contributed by atoms with Crippen LogP contribution in [0.2, 0.25) is 0 Å². The number of likely N-dealkylation sites (N-methyl/N-ethyl adjacent to an activating group) is 1. The molecule has 0 aliphatic carbocycles. The summed E-state index contributed by atoms with van der Waals surface area (Å²) >= 11 is 0. The Morgan fingerprint density at radius 1 is 1.40 bits per heavy atom. The van der Waals surface area contributed by atoms with Gasteiger partial charge in [-0.25, -0.2) is 0 Å². The highest BCUT2D eigenvalue weighted by molar-refractivity contribution is 5.77. The molecular formula is C15H28N2O3. The van der Waals surface area contributed by atoms with E-state index in [0.717, 1.165) is 39.0 Å². The van der Waals surface area contributed by atoms with E-state index < -0.39 is 0 Å². The number of nitrogens with zero attached hydrogens (tertiary/aromatic N) is 2. The Kier molecular flexibility index (Phi) is 5.81. The van der Waals surface area contributed by atoms with Gasteiger partial charge in [-0.2, -0.15) is 0 Å². The molecule has 2 aliphatic heterocycles. The molecular weight excluding hydrogens is 256 g/mol. The number of likely N-dealkylation sites (tertiary alicyclic amines) is 1. The van der Waals surface area contributed by atoms with E-state index in [9.17, 15) is 4.79 Å². The smallest absolute Gasteiger partial charge is 0.248 e. The van der Waals surface area contributed by atoms with Gasteiger partial charge in [0.05, 0.1) is 12.7 Å². The molecule has 0 spiro atoms. The van der Waals surface area contributed by atoms with Crippen molar-refractivity contribution in [2.75, 3.05) is 47.0 Å². The van der Waals surface area contributed by atoms with Crippen LogP contribution in [0.5, 0.6) is 0 Å². The average molecular weight is 284 g/mol. The van der Waals surface area contributed by atoms with Crippen LogP contribution in [0.3, 0.4) is 0 Å². The molecule has 2 aliphatic rings. The van der Waals surface area contributed by atoms with E-state index in [1.807, 2.05) is 4.90 Å². The van der Waals surface area contributed by atoms with Gasteiger partial charge >= 0.3 is 0 Å². The molecule has 2 rings (SSSR count). The average Bonchev–Trinajstić information content (AvgIpc) is 3.07. The number of carbonyl (C=O) groups excluding carboxylic acids is 1. The second-order valence-corrected chi connectivity index (χ2v) is 6.15. The first-order valence-corrected chi connectivity index (χ1v) is 7.75. The van der Waals surface area contributed by atoms with E-state index in [0.29, 0.717) is 18.6 Å². The lowest BCUT2D eigenvalue weighted by molar-refractivity contribution is -0.136. The van der Waals surface area contributed by atoms with Crippen molar-refractivity contribution in [1.29, 1.82) is 0 Å². The van der Waals surface area contributed by atoms with Crippen molar-refractivity contribution in [1.82, 2.24) is 9.80 Å². The van der Waals surface area contributed by atoms with Crippen molar-refractivity contribution < 1.29 is 14.3 Å². The molecule has 5 heteroatoms. The van der Waals surface area contributed by atoms with E-state index >= 15 is 0 Å². The summed E-state index contributed by atoms with van der Waals surface area (Å²) in [4.78, 5) is 16.4. The van der Waals surface area contributed by atoms with E-state index in [1.54, 1.807) is 0 Å². The van der Waals surface area contributed by atoms with Gasteiger partial charge in [0.1, 0.15) is 6.61 Å². The second-order valence-electron chi connectivity index (χ2n) is 6.15. The number of carbonyl (C=O) groups is 1. The Balaban J connectivity index is 1.72. The molecule has 5 nitrogen and oxygen atoms in total. The van der Waals surface area contributed by atoms with Gasteiger partial charge in [0.15, 0.2) is 0 Å². The maximum Gasteiger partial charge on any atom is 0.248 e. The molecule has 2 heterocycles. The van der Waals surface area contributed by atoms with Gasteiger partial charge in [-0.1, -0.05) is 13.3 Å². The predicted molar refractivity (Wildman–Crippen MR) is 77.6 cm³/mol. The first-order valence-electron chi connectivity index (χ1n) is 7.75. The topological polar surface area (TPSA) is 42.0 Å². The van der Waals surface area contributed by atoms with Crippen molar-refractivity contribution in [3.05, 3.63) is 0 Å². The fraction of sp³-hybridized carbons (Fsp3) is 0.933. The lowest BCUT2D eigenvalue weighted by atomic mass is 10.0. The fourth-order valence-corrected chi connectivity index (χ4v) is 3.19. The van der Waals surface area contributed by atoms with Gasteiger partial charge in [0.25, 0.3) is 0 Å². The first-order chi connectivity index (χ1) is 9.61. The molecule has 0 aromatic rings. The number of rotatable bonds is 6. The zero-order chi connectivity index (χ0) is 14.5. The van der Waals surface area contributed by atoms with E-state index in [4.69, 9.17) is 9.47 Å². The maximum absolute atomic E-state index is 12.2. The summed E-state index contributed by atoms with van der Waals surface area (Å²) in [5, 5.41) is 0.